The monoisotopic (exact) mass is 328 g/mol. The molecule has 3 rings (SSSR count). The zero-order valence-corrected chi connectivity index (χ0v) is 14.3. The van der Waals surface area contributed by atoms with E-state index >= 15 is 0 Å². The molecule has 2 fully saturated rings. The Kier molecular flexibility index (Phi) is 5.89. The maximum absolute atomic E-state index is 12.2. The molecule has 0 aromatic heterocycles. The third-order valence-corrected chi connectivity index (χ3v) is 5.17. The van der Waals surface area contributed by atoms with Crippen LogP contribution in [0.15, 0.2) is 30.3 Å². The van der Waals surface area contributed by atoms with Gasteiger partial charge in [-0.25, -0.2) is 0 Å². The third-order valence-electron chi connectivity index (χ3n) is 5.17. The van der Waals surface area contributed by atoms with E-state index in [4.69, 9.17) is 0 Å². The molecule has 0 spiro atoms. The molecule has 2 saturated carbocycles. The number of carbonyl (C=O) groups excluding carboxylic acids is 2. The second kappa shape index (κ2) is 8.32. The van der Waals surface area contributed by atoms with Crippen LogP contribution in [0.3, 0.4) is 0 Å². The van der Waals surface area contributed by atoms with Crippen molar-refractivity contribution in [3.63, 3.8) is 0 Å². The second-order valence-corrected chi connectivity index (χ2v) is 7.22. The highest BCUT2D eigenvalue weighted by molar-refractivity contribution is 5.81. The number of carbonyl (C=O) groups is 2. The molecular weight excluding hydrogens is 300 g/mol. The van der Waals surface area contributed by atoms with E-state index in [1.807, 2.05) is 6.07 Å². The minimum atomic E-state index is 0.126. The Morgan fingerprint density at radius 2 is 1.83 bits per heavy atom. The topological polar surface area (TPSA) is 58.2 Å². The standard InChI is InChI=1S/C20H28N2O2/c23-19(10-5-13-21-20(24)16-11-12-16)22-18-9-4-8-17(18)14-15-6-2-1-3-7-15/h1-3,6-7,16-18H,4-5,8-14H2,(H,21,24)(H,22,23)/t17-,18+/m0/s1. The van der Waals surface area contributed by atoms with Crippen LogP contribution < -0.4 is 10.6 Å². The van der Waals surface area contributed by atoms with E-state index in [2.05, 4.69) is 34.9 Å². The predicted octanol–water partition coefficient (Wildman–Crippen LogP) is 2.82. The van der Waals surface area contributed by atoms with E-state index in [1.165, 1.54) is 18.4 Å². The van der Waals surface area contributed by atoms with Crippen LogP contribution in [0, 0.1) is 11.8 Å². The lowest BCUT2D eigenvalue weighted by Crippen LogP contribution is -2.38. The van der Waals surface area contributed by atoms with Gasteiger partial charge in [0, 0.05) is 24.9 Å². The van der Waals surface area contributed by atoms with Crippen molar-refractivity contribution in [3.8, 4) is 0 Å². The van der Waals surface area contributed by atoms with Gasteiger partial charge < -0.3 is 10.6 Å². The van der Waals surface area contributed by atoms with Crippen LogP contribution in [0.2, 0.25) is 0 Å². The van der Waals surface area contributed by atoms with Gasteiger partial charge in [0.15, 0.2) is 0 Å². The molecule has 2 atom stereocenters. The fourth-order valence-electron chi connectivity index (χ4n) is 3.62. The summed E-state index contributed by atoms with van der Waals surface area (Å²) >= 11 is 0. The number of benzene rings is 1. The SMILES string of the molecule is O=C(CCCNC(=O)C1CC1)N[C@@H]1CCC[C@H]1Cc1ccccc1. The van der Waals surface area contributed by atoms with E-state index < -0.39 is 0 Å². The lowest BCUT2D eigenvalue weighted by atomic mass is 9.94. The molecule has 130 valence electrons. The summed E-state index contributed by atoms with van der Waals surface area (Å²) in [6.45, 7) is 0.612. The summed E-state index contributed by atoms with van der Waals surface area (Å²) in [6, 6.07) is 10.8. The van der Waals surface area contributed by atoms with Gasteiger partial charge in [0.05, 0.1) is 0 Å². The molecule has 24 heavy (non-hydrogen) atoms. The van der Waals surface area contributed by atoms with Crippen molar-refractivity contribution < 1.29 is 9.59 Å². The molecule has 4 nitrogen and oxygen atoms in total. The minimum absolute atomic E-state index is 0.126. The van der Waals surface area contributed by atoms with Gasteiger partial charge in [-0.1, -0.05) is 36.8 Å². The van der Waals surface area contributed by atoms with Gasteiger partial charge in [0.2, 0.25) is 11.8 Å². The number of rotatable bonds is 8. The fourth-order valence-corrected chi connectivity index (χ4v) is 3.62. The van der Waals surface area contributed by atoms with Gasteiger partial charge >= 0.3 is 0 Å². The number of hydrogen-bond donors (Lipinski definition) is 2. The molecule has 2 aliphatic carbocycles. The van der Waals surface area contributed by atoms with Crippen molar-refractivity contribution in [2.24, 2.45) is 11.8 Å². The van der Waals surface area contributed by atoms with E-state index in [0.717, 1.165) is 32.1 Å². The van der Waals surface area contributed by atoms with Crippen LogP contribution in [-0.2, 0) is 16.0 Å². The Morgan fingerprint density at radius 1 is 1.04 bits per heavy atom. The lowest BCUT2D eigenvalue weighted by molar-refractivity contribution is -0.124. The van der Waals surface area contributed by atoms with Crippen LogP contribution in [0.5, 0.6) is 0 Å². The van der Waals surface area contributed by atoms with Crippen molar-refractivity contribution in [2.45, 2.75) is 57.4 Å². The summed E-state index contributed by atoms with van der Waals surface area (Å²) in [5.41, 5.74) is 1.35. The molecule has 0 aliphatic heterocycles. The van der Waals surface area contributed by atoms with E-state index in [1.54, 1.807) is 0 Å². The molecule has 0 saturated heterocycles. The van der Waals surface area contributed by atoms with Crippen LogP contribution in [0.25, 0.3) is 0 Å². The smallest absolute Gasteiger partial charge is 0.223 e. The summed E-state index contributed by atoms with van der Waals surface area (Å²) < 4.78 is 0. The number of amides is 2. The van der Waals surface area contributed by atoms with Crippen molar-refractivity contribution >= 4 is 11.8 Å². The lowest BCUT2D eigenvalue weighted by Gasteiger charge is -2.21. The quantitative estimate of drug-likeness (QED) is 0.721. The second-order valence-electron chi connectivity index (χ2n) is 7.22. The summed E-state index contributed by atoms with van der Waals surface area (Å²) in [4.78, 5) is 23.7. The zero-order valence-electron chi connectivity index (χ0n) is 14.3. The van der Waals surface area contributed by atoms with E-state index in [-0.39, 0.29) is 17.7 Å². The molecule has 2 amide bonds. The Morgan fingerprint density at radius 3 is 2.58 bits per heavy atom. The molecule has 0 bridgehead atoms. The first-order valence-electron chi connectivity index (χ1n) is 9.33. The maximum atomic E-state index is 12.2. The van der Waals surface area contributed by atoms with Crippen molar-refractivity contribution in [1.82, 2.24) is 10.6 Å². The summed E-state index contributed by atoms with van der Waals surface area (Å²) in [5, 5.41) is 6.14. The Bertz CT molecular complexity index is 554. The highest BCUT2D eigenvalue weighted by Crippen LogP contribution is 2.29. The van der Waals surface area contributed by atoms with Crippen LogP contribution >= 0.6 is 0 Å². The number of hydrogen-bond acceptors (Lipinski definition) is 2. The van der Waals surface area contributed by atoms with Gasteiger partial charge in [0.1, 0.15) is 0 Å². The summed E-state index contributed by atoms with van der Waals surface area (Å²) in [7, 11) is 0. The summed E-state index contributed by atoms with van der Waals surface area (Å²) in [5.74, 6) is 1.08. The highest BCUT2D eigenvalue weighted by atomic mass is 16.2. The van der Waals surface area contributed by atoms with Crippen molar-refractivity contribution in [2.75, 3.05) is 6.54 Å². The number of nitrogens with one attached hydrogen (secondary N) is 2. The average Bonchev–Trinajstić information content (AvgIpc) is 3.36. The largest absolute Gasteiger partial charge is 0.356 e. The van der Waals surface area contributed by atoms with Crippen molar-refractivity contribution in [1.29, 1.82) is 0 Å². The van der Waals surface area contributed by atoms with Crippen LogP contribution in [0.1, 0.15) is 50.5 Å². The average molecular weight is 328 g/mol. The molecule has 0 radical (unpaired) electrons. The normalized spacial score (nSPS) is 23.0. The van der Waals surface area contributed by atoms with Gasteiger partial charge in [-0.3, -0.25) is 9.59 Å². The maximum Gasteiger partial charge on any atom is 0.223 e. The molecule has 0 unspecified atom stereocenters. The molecule has 2 aliphatic rings. The van der Waals surface area contributed by atoms with E-state index in [0.29, 0.717) is 24.9 Å². The molecule has 1 aromatic carbocycles. The zero-order chi connectivity index (χ0) is 16.8. The summed E-state index contributed by atoms with van der Waals surface area (Å²) in [6.07, 6.45) is 7.79. The van der Waals surface area contributed by atoms with Crippen molar-refractivity contribution in [3.05, 3.63) is 35.9 Å². The van der Waals surface area contributed by atoms with Gasteiger partial charge in [0.25, 0.3) is 0 Å². The predicted molar refractivity (Wildman–Crippen MR) is 94.4 cm³/mol. The van der Waals surface area contributed by atoms with Gasteiger partial charge in [-0.2, -0.15) is 0 Å². The van der Waals surface area contributed by atoms with Gasteiger partial charge in [-0.05, 0) is 50.0 Å². The molecule has 2 N–H and O–H groups in total. The minimum Gasteiger partial charge on any atom is -0.356 e. The molecule has 4 heteroatoms. The first-order valence-corrected chi connectivity index (χ1v) is 9.33. The van der Waals surface area contributed by atoms with Gasteiger partial charge in [-0.15, -0.1) is 0 Å². The third kappa shape index (κ3) is 5.08. The van der Waals surface area contributed by atoms with Crippen LogP contribution in [0.4, 0.5) is 0 Å². The molecular formula is C20H28N2O2. The van der Waals surface area contributed by atoms with Crippen LogP contribution in [-0.4, -0.2) is 24.4 Å². The Labute approximate surface area is 144 Å². The first-order chi connectivity index (χ1) is 11.7. The fraction of sp³-hybridized carbons (Fsp3) is 0.600. The molecule has 1 aromatic rings. The van der Waals surface area contributed by atoms with E-state index in [9.17, 15) is 9.59 Å². The Hall–Kier alpha value is -1.84. The highest BCUT2D eigenvalue weighted by Gasteiger charge is 2.29. The first kappa shape index (κ1) is 17.0. The molecule has 0 heterocycles. The Balaban J connectivity index is 1.36.